The molecule has 1 atom stereocenters. The molecule has 0 aromatic carbocycles. The Morgan fingerprint density at radius 2 is 2.17 bits per heavy atom. The Balaban J connectivity index is 2.57. The molecule has 1 aliphatic rings. The van der Waals surface area contributed by atoms with Crippen LogP contribution in [0, 0.1) is 5.41 Å². The van der Waals surface area contributed by atoms with Gasteiger partial charge in [-0.1, -0.05) is 13.3 Å². The van der Waals surface area contributed by atoms with Crippen LogP contribution in [-0.2, 0) is 9.53 Å². The maximum atomic E-state index is 12.4. The standard InChI is InChI=1S/C14H28N2O2/c1-4-12(2)16(8-9-18-3)13(17)10-14(11-15)6-5-7-14/h12H,4-11,15H2,1-3H3. The molecule has 106 valence electrons. The highest BCUT2D eigenvalue weighted by molar-refractivity contribution is 5.77. The first-order valence-corrected chi connectivity index (χ1v) is 7.07. The third-order valence-electron chi connectivity index (χ3n) is 4.35. The zero-order chi connectivity index (χ0) is 13.6. The lowest BCUT2D eigenvalue weighted by atomic mass is 9.66. The number of nitrogens with two attached hydrogens (primary N) is 1. The molecule has 1 rings (SSSR count). The Morgan fingerprint density at radius 1 is 1.50 bits per heavy atom. The molecule has 2 N–H and O–H groups in total. The second-order valence-corrected chi connectivity index (χ2v) is 5.57. The third kappa shape index (κ3) is 3.69. The van der Waals surface area contributed by atoms with Gasteiger partial charge < -0.3 is 15.4 Å². The topological polar surface area (TPSA) is 55.6 Å². The van der Waals surface area contributed by atoms with Crippen molar-refractivity contribution in [3.63, 3.8) is 0 Å². The van der Waals surface area contributed by atoms with Gasteiger partial charge in [0.05, 0.1) is 6.61 Å². The van der Waals surface area contributed by atoms with Gasteiger partial charge in [-0.3, -0.25) is 4.79 Å². The van der Waals surface area contributed by atoms with E-state index >= 15 is 0 Å². The van der Waals surface area contributed by atoms with Gasteiger partial charge in [0, 0.05) is 26.1 Å². The van der Waals surface area contributed by atoms with Crippen molar-refractivity contribution >= 4 is 5.91 Å². The van der Waals surface area contributed by atoms with Crippen LogP contribution in [0.25, 0.3) is 0 Å². The summed E-state index contributed by atoms with van der Waals surface area (Å²) in [6.07, 6.45) is 5.01. The van der Waals surface area contributed by atoms with Crippen molar-refractivity contribution in [3.8, 4) is 0 Å². The van der Waals surface area contributed by atoms with Crippen LogP contribution in [0.15, 0.2) is 0 Å². The quantitative estimate of drug-likeness (QED) is 0.720. The van der Waals surface area contributed by atoms with Crippen LogP contribution in [0.1, 0.15) is 46.0 Å². The Labute approximate surface area is 111 Å². The van der Waals surface area contributed by atoms with E-state index in [1.54, 1.807) is 7.11 Å². The van der Waals surface area contributed by atoms with Crippen molar-refractivity contribution in [1.29, 1.82) is 0 Å². The molecular formula is C14H28N2O2. The SMILES string of the molecule is CCC(C)N(CCOC)C(=O)CC1(CN)CCC1. The van der Waals surface area contributed by atoms with Gasteiger partial charge in [-0.25, -0.2) is 0 Å². The van der Waals surface area contributed by atoms with Crippen LogP contribution in [0.4, 0.5) is 0 Å². The molecule has 1 unspecified atom stereocenters. The summed E-state index contributed by atoms with van der Waals surface area (Å²) in [5.74, 6) is 0.242. The molecule has 18 heavy (non-hydrogen) atoms. The molecule has 0 aromatic heterocycles. The average Bonchev–Trinajstić information content (AvgIpc) is 2.33. The maximum Gasteiger partial charge on any atom is 0.223 e. The van der Waals surface area contributed by atoms with Crippen LogP contribution in [-0.4, -0.2) is 43.7 Å². The monoisotopic (exact) mass is 256 g/mol. The van der Waals surface area contributed by atoms with E-state index in [2.05, 4.69) is 13.8 Å². The van der Waals surface area contributed by atoms with E-state index < -0.39 is 0 Å². The van der Waals surface area contributed by atoms with Crippen molar-refractivity contribution in [2.45, 2.75) is 52.0 Å². The van der Waals surface area contributed by atoms with Gasteiger partial charge in [0.2, 0.25) is 5.91 Å². The molecule has 0 heterocycles. The van der Waals surface area contributed by atoms with E-state index in [-0.39, 0.29) is 17.4 Å². The lowest BCUT2D eigenvalue weighted by molar-refractivity contribution is -0.138. The lowest BCUT2D eigenvalue weighted by Crippen LogP contribution is -2.46. The predicted molar refractivity (Wildman–Crippen MR) is 73.3 cm³/mol. The molecule has 1 amide bonds. The van der Waals surface area contributed by atoms with Crippen molar-refractivity contribution in [2.24, 2.45) is 11.1 Å². The molecule has 0 spiro atoms. The number of ether oxygens (including phenoxy) is 1. The average molecular weight is 256 g/mol. The molecule has 0 radical (unpaired) electrons. The van der Waals surface area contributed by atoms with Gasteiger partial charge in [-0.15, -0.1) is 0 Å². The molecule has 4 heteroatoms. The zero-order valence-electron chi connectivity index (χ0n) is 12.1. The van der Waals surface area contributed by atoms with Gasteiger partial charge in [0.15, 0.2) is 0 Å². The minimum absolute atomic E-state index is 0.0931. The number of carbonyl (C=O) groups excluding carboxylic acids is 1. The van der Waals surface area contributed by atoms with Gasteiger partial charge in [0.1, 0.15) is 0 Å². The molecule has 1 fully saturated rings. The Kier molecular flexibility index (Phi) is 6.09. The van der Waals surface area contributed by atoms with Gasteiger partial charge in [-0.05, 0) is 38.1 Å². The first kappa shape index (κ1) is 15.4. The second-order valence-electron chi connectivity index (χ2n) is 5.57. The first-order valence-electron chi connectivity index (χ1n) is 7.07. The van der Waals surface area contributed by atoms with Crippen molar-refractivity contribution in [3.05, 3.63) is 0 Å². The number of nitrogens with zero attached hydrogens (tertiary/aromatic N) is 1. The van der Waals surface area contributed by atoms with E-state index in [0.29, 0.717) is 26.1 Å². The predicted octanol–water partition coefficient (Wildman–Crippen LogP) is 1.78. The largest absolute Gasteiger partial charge is 0.383 e. The number of hydrogen-bond acceptors (Lipinski definition) is 3. The number of rotatable bonds is 8. The molecule has 4 nitrogen and oxygen atoms in total. The Morgan fingerprint density at radius 3 is 2.56 bits per heavy atom. The summed E-state index contributed by atoms with van der Waals surface area (Å²) >= 11 is 0. The fourth-order valence-corrected chi connectivity index (χ4v) is 2.55. The smallest absolute Gasteiger partial charge is 0.223 e. The molecule has 0 aliphatic heterocycles. The zero-order valence-corrected chi connectivity index (χ0v) is 12.1. The van der Waals surface area contributed by atoms with Gasteiger partial charge in [0.25, 0.3) is 0 Å². The van der Waals surface area contributed by atoms with Crippen molar-refractivity contribution in [2.75, 3.05) is 26.8 Å². The van der Waals surface area contributed by atoms with E-state index in [1.165, 1.54) is 6.42 Å². The first-order chi connectivity index (χ1) is 8.58. The van der Waals surface area contributed by atoms with E-state index in [0.717, 1.165) is 19.3 Å². The number of hydrogen-bond donors (Lipinski definition) is 1. The van der Waals surface area contributed by atoms with E-state index in [4.69, 9.17) is 10.5 Å². The molecule has 0 saturated heterocycles. The second kappa shape index (κ2) is 7.10. The third-order valence-corrected chi connectivity index (χ3v) is 4.35. The van der Waals surface area contributed by atoms with Crippen LogP contribution in [0.5, 0.6) is 0 Å². The minimum atomic E-state index is 0.0931. The van der Waals surface area contributed by atoms with Crippen LogP contribution >= 0.6 is 0 Å². The fourth-order valence-electron chi connectivity index (χ4n) is 2.55. The van der Waals surface area contributed by atoms with Gasteiger partial charge >= 0.3 is 0 Å². The van der Waals surface area contributed by atoms with Gasteiger partial charge in [-0.2, -0.15) is 0 Å². The summed E-state index contributed by atoms with van der Waals surface area (Å²) in [5.41, 5.74) is 5.92. The van der Waals surface area contributed by atoms with E-state index in [1.807, 2.05) is 4.90 Å². The summed E-state index contributed by atoms with van der Waals surface area (Å²) in [6.45, 7) is 6.14. The lowest BCUT2D eigenvalue weighted by Gasteiger charge is -2.42. The van der Waals surface area contributed by atoms with Crippen LogP contribution < -0.4 is 5.73 Å². The van der Waals surface area contributed by atoms with Crippen LogP contribution in [0.2, 0.25) is 0 Å². The van der Waals surface area contributed by atoms with E-state index in [9.17, 15) is 4.79 Å². The normalized spacial score (nSPS) is 19.1. The number of methoxy groups -OCH3 is 1. The summed E-state index contributed by atoms with van der Waals surface area (Å²) in [6, 6.07) is 0.280. The summed E-state index contributed by atoms with van der Waals surface area (Å²) < 4.78 is 5.10. The Bertz CT molecular complexity index is 259. The van der Waals surface area contributed by atoms with Crippen molar-refractivity contribution < 1.29 is 9.53 Å². The highest BCUT2D eigenvalue weighted by Crippen LogP contribution is 2.43. The molecule has 0 bridgehead atoms. The molecular weight excluding hydrogens is 228 g/mol. The summed E-state index contributed by atoms with van der Waals surface area (Å²) in [7, 11) is 1.67. The van der Waals surface area contributed by atoms with Crippen molar-refractivity contribution in [1.82, 2.24) is 4.90 Å². The van der Waals surface area contributed by atoms with Crippen LogP contribution in [0.3, 0.4) is 0 Å². The molecule has 1 saturated carbocycles. The highest BCUT2D eigenvalue weighted by atomic mass is 16.5. The summed E-state index contributed by atoms with van der Waals surface area (Å²) in [4.78, 5) is 14.4. The highest BCUT2D eigenvalue weighted by Gasteiger charge is 2.39. The number of amides is 1. The number of carbonyl (C=O) groups is 1. The fraction of sp³-hybridized carbons (Fsp3) is 0.929. The molecule has 1 aliphatic carbocycles. The maximum absolute atomic E-state index is 12.4. The molecule has 0 aromatic rings. The minimum Gasteiger partial charge on any atom is -0.383 e. The Hall–Kier alpha value is -0.610. The summed E-state index contributed by atoms with van der Waals surface area (Å²) in [5, 5.41) is 0.